The number of aryl methyl sites for hydroxylation is 1. The van der Waals surface area contributed by atoms with Gasteiger partial charge in [0.15, 0.2) is 0 Å². The molecule has 1 saturated heterocycles. The fourth-order valence-corrected chi connectivity index (χ4v) is 3.12. The lowest BCUT2D eigenvalue weighted by Crippen LogP contribution is -2.49. The van der Waals surface area contributed by atoms with Gasteiger partial charge in [-0.2, -0.15) is 5.10 Å². The summed E-state index contributed by atoms with van der Waals surface area (Å²) < 4.78 is 1.82. The zero-order valence-electron chi connectivity index (χ0n) is 16.2. The Morgan fingerprint density at radius 1 is 1.19 bits per heavy atom. The van der Waals surface area contributed by atoms with Gasteiger partial charge in [-0.05, 0) is 26.8 Å². The fourth-order valence-electron chi connectivity index (χ4n) is 3.12. The Hall–Kier alpha value is -2.68. The zero-order valence-corrected chi connectivity index (χ0v) is 16.2. The third-order valence-electron chi connectivity index (χ3n) is 4.51. The molecule has 1 aliphatic rings. The molecule has 3 heterocycles. The number of urea groups is 1. The summed E-state index contributed by atoms with van der Waals surface area (Å²) >= 11 is 0. The highest BCUT2D eigenvalue weighted by Gasteiger charge is 2.18. The maximum absolute atomic E-state index is 12.2. The van der Waals surface area contributed by atoms with Crippen LogP contribution in [0, 0.1) is 6.92 Å². The van der Waals surface area contributed by atoms with Crippen LogP contribution in [0.5, 0.6) is 0 Å². The first kappa shape index (κ1) is 19.1. The minimum Gasteiger partial charge on any atom is -0.338 e. The number of amides is 2. The molecule has 2 N–H and O–H groups in total. The summed E-state index contributed by atoms with van der Waals surface area (Å²) in [5.74, 6) is 1.50. The SMILES string of the molecule is Cc1cc(NC(=O)NCCN2CCN(c3ncccn3)CC2)n(C(C)C)n1. The van der Waals surface area contributed by atoms with Crippen molar-refractivity contribution in [3.05, 3.63) is 30.2 Å². The quantitative estimate of drug-likeness (QED) is 0.799. The number of rotatable bonds is 6. The molecule has 27 heavy (non-hydrogen) atoms. The molecule has 0 aromatic carbocycles. The van der Waals surface area contributed by atoms with E-state index in [1.807, 2.05) is 37.6 Å². The van der Waals surface area contributed by atoms with Gasteiger partial charge in [-0.1, -0.05) is 0 Å². The molecule has 0 bridgehead atoms. The summed E-state index contributed by atoms with van der Waals surface area (Å²) in [6.45, 7) is 11.1. The smallest absolute Gasteiger partial charge is 0.320 e. The highest BCUT2D eigenvalue weighted by molar-refractivity contribution is 5.88. The topological polar surface area (TPSA) is 91.2 Å². The Bertz CT molecular complexity index is 737. The second kappa shape index (κ2) is 8.81. The predicted molar refractivity (Wildman–Crippen MR) is 105 cm³/mol. The lowest BCUT2D eigenvalue weighted by Gasteiger charge is -2.34. The molecule has 9 heteroatoms. The molecule has 0 unspecified atom stereocenters. The van der Waals surface area contributed by atoms with Crippen LogP contribution in [0.15, 0.2) is 24.5 Å². The Labute approximate surface area is 159 Å². The van der Waals surface area contributed by atoms with Crippen molar-refractivity contribution in [2.24, 2.45) is 0 Å². The molecule has 146 valence electrons. The molecular weight excluding hydrogens is 344 g/mol. The number of nitrogens with zero attached hydrogens (tertiary/aromatic N) is 6. The maximum Gasteiger partial charge on any atom is 0.320 e. The van der Waals surface area contributed by atoms with Crippen molar-refractivity contribution in [3.63, 3.8) is 0 Å². The summed E-state index contributed by atoms with van der Waals surface area (Å²) in [7, 11) is 0. The molecule has 0 aliphatic carbocycles. The van der Waals surface area contributed by atoms with Crippen molar-refractivity contribution in [1.29, 1.82) is 0 Å². The number of carbonyl (C=O) groups excluding carboxylic acids is 1. The molecule has 2 aromatic rings. The van der Waals surface area contributed by atoms with Gasteiger partial charge >= 0.3 is 6.03 Å². The van der Waals surface area contributed by atoms with E-state index in [1.54, 1.807) is 12.4 Å². The third-order valence-corrected chi connectivity index (χ3v) is 4.51. The maximum atomic E-state index is 12.2. The minimum atomic E-state index is -0.201. The molecule has 0 radical (unpaired) electrons. The van der Waals surface area contributed by atoms with Crippen LogP contribution in [0.25, 0.3) is 0 Å². The second-order valence-electron chi connectivity index (χ2n) is 6.97. The normalized spacial score (nSPS) is 15.2. The molecule has 0 saturated carbocycles. The van der Waals surface area contributed by atoms with Gasteiger partial charge in [0.2, 0.25) is 5.95 Å². The predicted octanol–water partition coefficient (Wildman–Crippen LogP) is 1.51. The average molecular weight is 372 g/mol. The highest BCUT2D eigenvalue weighted by atomic mass is 16.2. The van der Waals surface area contributed by atoms with E-state index in [9.17, 15) is 4.79 Å². The first-order valence-electron chi connectivity index (χ1n) is 9.38. The van der Waals surface area contributed by atoms with Gasteiger partial charge in [-0.15, -0.1) is 0 Å². The Balaban J connectivity index is 1.39. The van der Waals surface area contributed by atoms with Crippen molar-refractivity contribution in [2.75, 3.05) is 49.5 Å². The average Bonchev–Trinajstić information content (AvgIpc) is 3.03. The summed E-state index contributed by atoms with van der Waals surface area (Å²) in [5.41, 5.74) is 0.888. The number of piperazine rings is 1. The molecule has 9 nitrogen and oxygen atoms in total. The van der Waals surface area contributed by atoms with E-state index in [1.165, 1.54) is 0 Å². The van der Waals surface area contributed by atoms with Gasteiger partial charge in [0.25, 0.3) is 0 Å². The van der Waals surface area contributed by atoms with E-state index in [0.717, 1.165) is 50.2 Å². The van der Waals surface area contributed by atoms with E-state index in [-0.39, 0.29) is 12.1 Å². The van der Waals surface area contributed by atoms with E-state index in [4.69, 9.17) is 0 Å². The number of hydrogen-bond acceptors (Lipinski definition) is 6. The second-order valence-corrected chi connectivity index (χ2v) is 6.97. The largest absolute Gasteiger partial charge is 0.338 e. The van der Waals surface area contributed by atoms with Crippen molar-refractivity contribution >= 4 is 17.8 Å². The lowest BCUT2D eigenvalue weighted by molar-refractivity contribution is 0.240. The number of nitrogens with one attached hydrogen (secondary N) is 2. The van der Waals surface area contributed by atoms with Crippen molar-refractivity contribution < 1.29 is 4.79 Å². The van der Waals surface area contributed by atoms with Crippen molar-refractivity contribution in [3.8, 4) is 0 Å². The van der Waals surface area contributed by atoms with E-state index < -0.39 is 0 Å². The number of anilines is 2. The first-order chi connectivity index (χ1) is 13.0. The Kier molecular flexibility index (Phi) is 6.23. The van der Waals surface area contributed by atoms with Crippen molar-refractivity contribution in [1.82, 2.24) is 30.0 Å². The molecular formula is C18H28N8O. The summed E-state index contributed by atoms with van der Waals surface area (Å²) in [5, 5.41) is 10.2. The molecule has 1 fully saturated rings. The standard InChI is InChI=1S/C18H28N8O/c1-14(2)26-16(13-15(3)23-26)22-18(27)21-7-8-24-9-11-25(12-10-24)17-19-5-4-6-20-17/h4-6,13-14H,7-12H2,1-3H3,(H2,21,22,27). The van der Waals surface area contributed by atoms with Crippen LogP contribution in [-0.2, 0) is 0 Å². The van der Waals surface area contributed by atoms with Gasteiger partial charge in [-0.3, -0.25) is 10.2 Å². The van der Waals surface area contributed by atoms with Crippen molar-refractivity contribution in [2.45, 2.75) is 26.8 Å². The van der Waals surface area contributed by atoms with Crippen LogP contribution >= 0.6 is 0 Å². The lowest BCUT2D eigenvalue weighted by atomic mass is 10.3. The molecule has 0 atom stereocenters. The summed E-state index contributed by atoms with van der Waals surface area (Å²) in [6.07, 6.45) is 3.54. The van der Waals surface area contributed by atoms with E-state index in [0.29, 0.717) is 6.54 Å². The van der Waals surface area contributed by atoms with Crippen LogP contribution in [0.3, 0.4) is 0 Å². The first-order valence-corrected chi connectivity index (χ1v) is 9.38. The van der Waals surface area contributed by atoms with Gasteiger partial charge in [0.05, 0.1) is 5.69 Å². The van der Waals surface area contributed by atoms with Crippen LogP contribution in [0.2, 0.25) is 0 Å². The molecule has 3 rings (SSSR count). The van der Waals surface area contributed by atoms with Crippen LogP contribution in [-0.4, -0.2) is 69.9 Å². The summed E-state index contributed by atoms with van der Waals surface area (Å²) in [4.78, 5) is 25.3. The van der Waals surface area contributed by atoms with Gasteiger partial charge < -0.3 is 10.2 Å². The molecule has 0 spiro atoms. The Morgan fingerprint density at radius 3 is 2.56 bits per heavy atom. The van der Waals surface area contributed by atoms with Crippen LogP contribution in [0.1, 0.15) is 25.6 Å². The van der Waals surface area contributed by atoms with Gasteiger partial charge in [0, 0.05) is 63.8 Å². The highest BCUT2D eigenvalue weighted by Crippen LogP contribution is 2.15. The third kappa shape index (κ3) is 5.16. The van der Waals surface area contributed by atoms with Crippen LogP contribution < -0.4 is 15.5 Å². The fraction of sp³-hybridized carbons (Fsp3) is 0.556. The van der Waals surface area contributed by atoms with E-state index >= 15 is 0 Å². The van der Waals surface area contributed by atoms with Crippen LogP contribution in [0.4, 0.5) is 16.6 Å². The monoisotopic (exact) mass is 372 g/mol. The van der Waals surface area contributed by atoms with Gasteiger partial charge in [-0.25, -0.2) is 19.4 Å². The number of aromatic nitrogens is 4. The molecule has 1 aliphatic heterocycles. The molecule has 2 aromatic heterocycles. The number of carbonyl (C=O) groups is 1. The molecule has 2 amide bonds. The Morgan fingerprint density at radius 2 is 1.89 bits per heavy atom. The van der Waals surface area contributed by atoms with E-state index in [2.05, 4.69) is 35.5 Å². The van der Waals surface area contributed by atoms with Gasteiger partial charge in [0.1, 0.15) is 5.82 Å². The number of hydrogen-bond donors (Lipinski definition) is 2. The minimum absolute atomic E-state index is 0.193. The summed E-state index contributed by atoms with van der Waals surface area (Å²) in [6, 6.07) is 3.70. The zero-order chi connectivity index (χ0) is 19.2.